The van der Waals surface area contributed by atoms with Gasteiger partial charge in [0.1, 0.15) is 5.82 Å². The van der Waals surface area contributed by atoms with E-state index in [0.717, 1.165) is 37.2 Å². The summed E-state index contributed by atoms with van der Waals surface area (Å²) in [5, 5.41) is 2.70. The number of hydrogen-bond acceptors (Lipinski definition) is 2. The summed E-state index contributed by atoms with van der Waals surface area (Å²) in [5.74, 6) is 0.939. The van der Waals surface area contributed by atoms with Gasteiger partial charge in [-0.3, -0.25) is 0 Å². The van der Waals surface area contributed by atoms with E-state index in [2.05, 4.69) is 148 Å². The predicted octanol–water partition coefficient (Wildman–Crippen LogP) is 12.6. The van der Waals surface area contributed by atoms with Crippen LogP contribution in [0.1, 0.15) is 44.5 Å². The second-order valence-corrected chi connectivity index (χ2v) is 15.5. The third-order valence-electron chi connectivity index (χ3n) is 12.0. The lowest BCUT2D eigenvalue weighted by atomic mass is 9.73. The molecule has 3 heteroatoms. The third kappa shape index (κ3) is 5.13. The molecule has 0 saturated carbocycles. The predicted molar refractivity (Wildman–Crippen MR) is 224 cm³/mol. The van der Waals surface area contributed by atoms with Crippen molar-refractivity contribution in [3.8, 4) is 44.5 Å². The van der Waals surface area contributed by atoms with Crippen LogP contribution in [0.15, 0.2) is 115 Å². The standard InChI is InChI=1S/C50H43N3/c1-29-9-11-31(3)40(22-29)33-16-19-45-43(27-33)44-28-37-14-13-35-24-38(25-36-15-18-39(50(44)52-45)49(37)48(35)36)42-26-34(41-23-30(2)10-12-32(41)4)17-20-46(42)53(5)47-8-6-7-21-51-47/h6-12,16-17,19-28,52H,13-15,18H2,1-5H3. The molecule has 53 heavy (non-hydrogen) atoms. The Hall–Kier alpha value is -5.93. The van der Waals surface area contributed by atoms with Crippen LogP contribution in [0.5, 0.6) is 0 Å². The first-order valence-corrected chi connectivity index (χ1v) is 19.0. The fraction of sp³-hybridized carbons (Fsp3) is 0.180. The Morgan fingerprint density at radius 1 is 0.547 bits per heavy atom. The number of H-pyrrole nitrogens is 1. The van der Waals surface area contributed by atoms with Gasteiger partial charge in [-0.2, -0.15) is 0 Å². The van der Waals surface area contributed by atoms with Gasteiger partial charge in [-0.15, -0.1) is 0 Å². The van der Waals surface area contributed by atoms with E-state index in [1.165, 1.54) is 111 Å². The number of hydrogen-bond donors (Lipinski definition) is 1. The molecule has 8 aromatic rings. The largest absolute Gasteiger partial charge is 0.354 e. The van der Waals surface area contributed by atoms with Gasteiger partial charge < -0.3 is 9.88 Å². The first-order chi connectivity index (χ1) is 25.8. The van der Waals surface area contributed by atoms with Crippen LogP contribution in [0.4, 0.5) is 11.5 Å². The van der Waals surface area contributed by atoms with Crippen LogP contribution in [0.3, 0.4) is 0 Å². The second-order valence-electron chi connectivity index (χ2n) is 15.5. The Morgan fingerprint density at radius 2 is 1.21 bits per heavy atom. The Kier molecular flexibility index (Phi) is 7.23. The molecular weight excluding hydrogens is 643 g/mol. The van der Waals surface area contributed by atoms with Crippen molar-refractivity contribution >= 4 is 33.3 Å². The summed E-state index contributed by atoms with van der Waals surface area (Å²) in [6.07, 6.45) is 6.05. The molecule has 0 bridgehead atoms. The van der Waals surface area contributed by atoms with Gasteiger partial charge in [-0.1, -0.05) is 77.9 Å². The summed E-state index contributed by atoms with van der Waals surface area (Å²) in [6.45, 7) is 8.80. The second kappa shape index (κ2) is 12.1. The number of aryl methyl sites for hydroxylation is 8. The molecule has 10 rings (SSSR count). The maximum absolute atomic E-state index is 4.72. The Bertz CT molecular complexity index is 2770. The molecule has 0 amide bonds. The average molecular weight is 686 g/mol. The topological polar surface area (TPSA) is 31.9 Å². The normalized spacial score (nSPS) is 13.1. The quantitative estimate of drug-likeness (QED) is 0.196. The molecule has 3 nitrogen and oxygen atoms in total. The molecule has 0 radical (unpaired) electrons. The maximum atomic E-state index is 4.72. The number of pyridine rings is 1. The van der Waals surface area contributed by atoms with E-state index in [1.807, 2.05) is 12.3 Å². The van der Waals surface area contributed by atoms with Crippen molar-refractivity contribution in [2.45, 2.75) is 53.4 Å². The first kappa shape index (κ1) is 31.8. The number of aromatic amines is 1. The molecule has 0 saturated heterocycles. The highest BCUT2D eigenvalue weighted by Crippen LogP contribution is 2.49. The van der Waals surface area contributed by atoms with Crippen molar-refractivity contribution in [2.75, 3.05) is 11.9 Å². The van der Waals surface area contributed by atoms with E-state index in [1.54, 1.807) is 0 Å². The summed E-state index contributed by atoms with van der Waals surface area (Å²) < 4.78 is 0. The molecule has 0 atom stereocenters. The SMILES string of the molecule is Cc1ccc(C)c(-c2ccc(N(C)c3ccccn3)c(-c3cc4c5c(c3)CCc3c-5c(cc5c3[nH]c3ccc(-c6cc(C)ccc6C)cc35)CC4)c2)c1. The Morgan fingerprint density at radius 3 is 1.91 bits per heavy atom. The zero-order valence-corrected chi connectivity index (χ0v) is 31.2. The van der Waals surface area contributed by atoms with Crippen molar-refractivity contribution in [1.82, 2.24) is 9.97 Å². The van der Waals surface area contributed by atoms with Gasteiger partial charge in [0.15, 0.2) is 0 Å². The zero-order chi connectivity index (χ0) is 36.0. The molecule has 2 aliphatic rings. The lowest BCUT2D eigenvalue weighted by Crippen LogP contribution is -2.15. The van der Waals surface area contributed by atoms with Crippen molar-refractivity contribution in [3.63, 3.8) is 0 Å². The Balaban J connectivity index is 1.13. The summed E-state index contributed by atoms with van der Waals surface area (Å²) in [6, 6.07) is 41.2. The fourth-order valence-electron chi connectivity index (χ4n) is 9.26. The highest BCUT2D eigenvalue weighted by Gasteiger charge is 2.30. The lowest BCUT2D eigenvalue weighted by Gasteiger charge is -2.31. The van der Waals surface area contributed by atoms with Crippen molar-refractivity contribution in [3.05, 3.63) is 160 Å². The van der Waals surface area contributed by atoms with Gasteiger partial charge in [0.25, 0.3) is 0 Å². The van der Waals surface area contributed by atoms with E-state index in [9.17, 15) is 0 Å². The highest BCUT2D eigenvalue weighted by molar-refractivity contribution is 6.12. The summed E-state index contributed by atoms with van der Waals surface area (Å²) in [5.41, 5.74) is 25.5. The van der Waals surface area contributed by atoms with E-state index in [-0.39, 0.29) is 0 Å². The monoisotopic (exact) mass is 685 g/mol. The number of nitrogens with zero attached hydrogens (tertiary/aromatic N) is 2. The molecule has 1 N–H and O–H groups in total. The van der Waals surface area contributed by atoms with Crippen LogP contribution in [0.25, 0.3) is 66.3 Å². The molecule has 2 aromatic heterocycles. The number of rotatable bonds is 5. The molecular formula is C50H43N3. The fourth-order valence-corrected chi connectivity index (χ4v) is 9.26. The Labute approximate surface area is 312 Å². The van der Waals surface area contributed by atoms with Crippen LogP contribution in [0, 0.1) is 27.7 Å². The number of benzene rings is 6. The summed E-state index contributed by atoms with van der Waals surface area (Å²) >= 11 is 0. The molecule has 2 heterocycles. The van der Waals surface area contributed by atoms with Crippen LogP contribution in [0.2, 0.25) is 0 Å². The molecule has 0 aliphatic heterocycles. The molecule has 258 valence electrons. The van der Waals surface area contributed by atoms with Gasteiger partial charge >= 0.3 is 0 Å². The molecule has 0 fully saturated rings. The molecule has 2 aliphatic carbocycles. The van der Waals surface area contributed by atoms with Crippen molar-refractivity contribution < 1.29 is 0 Å². The van der Waals surface area contributed by atoms with E-state index < -0.39 is 0 Å². The maximum Gasteiger partial charge on any atom is 0.132 e. The molecule has 0 unspecified atom stereocenters. The van der Waals surface area contributed by atoms with Gasteiger partial charge in [-0.25, -0.2) is 4.98 Å². The van der Waals surface area contributed by atoms with Crippen LogP contribution >= 0.6 is 0 Å². The van der Waals surface area contributed by atoms with Crippen LogP contribution in [-0.2, 0) is 25.7 Å². The summed E-state index contributed by atoms with van der Waals surface area (Å²) in [7, 11) is 2.14. The van der Waals surface area contributed by atoms with Crippen LogP contribution < -0.4 is 4.90 Å². The van der Waals surface area contributed by atoms with Gasteiger partial charge in [0.05, 0.1) is 5.52 Å². The summed E-state index contributed by atoms with van der Waals surface area (Å²) in [4.78, 5) is 10.9. The number of nitrogens with one attached hydrogen (secondary N) is 1. The average Bonchev–Trinajstić information content (AvgIpc) is 3.56. The van der Waals surface area contributed by atoms with Crippen molar-refractivity contribution in [2.24, 2.45) is 0 Å². The number of fused-ring (bicyclic) bond motifs is 4. The van der Waals surface area contributed by atoms with Crippen LogP contribution in [-0.4, -0.2) is 17.0 Å². The van der Waals surface area contributed by atoms with Gasteiger partial charge in [0.2, 0.25) is 0 Å². The van der Waals surface area contributed by atoms with E-state index in [4.69, 9.17) is 4.98 Å². The van der Waals surface area contributed by atoms with E-state index in [0.29, 0.717) is 0 Å². The number of aromatic nitrogens is 2. The molecule has 6 aromatic carbocycles. The number of anilines is 2. The third-order valence-corrected chi connectivity index (χ3v) is 12.0. The minimum Gasteiger partial charge on any atom is -0.354 e. The highest BCUT2D eigenvalue weighted by atomic mass is 15.2. The molecule has 0 spiro atoms. The lowest BCUT2D eigenvalue weighted by molar-refractivity contribution is 0.883. The van der Waals surface area contributed by atoms with Gasteiger partial charge in [0, 0.05) is 40.8 Å². The smallest absolute Gasteiger partial charge is 0.132 e. The van der Waals surface area contributed by atoms with Crippen molar-refractivity contribution in [1.29, 1.82) is 0 Å². The minimum atomic E-state index is 0.939. The first-order valence-electron chi connectivity index (χ1n) is 19.0. The minimum absolute atomic E-state index is 0.939. The zero-order valence-electron chi connectivity index (χ0n) is 31.2. The van der Waals surface area contributed by atoms with E-state index >= 15 is 0 Å². The van der Waals surface area contributed by atoms with Gasteiger partial charge in [-0.05, 0) is 168 Å².